The second-order valence-electron chi connectivity index (χ2n) is 7.37. The largest absolute Gasteiger partial charge is 0.481 e. The molecule has 3 saturated heterocycles. The monoisotopic (exact) mass is 353 g/mol. The second-order valence-corrected chi connectivity index (χ2v) is 7.37. The van der Waals surface area contributed by atoms with E-state index < -0.39 is 5.97 Å². The van der Waals surface area contributed by atoms with E-state index in [4.69, 9.17) is 19.4 Å². The number of hydrogen-bond acceptors (Lipinski definition) is 5. The highest BCUT2D eigenvalue weighted by atomic mass is 16.8. The van der Waals surface area contributed by atoms with Gasteiger partial charge < -0.3 is 14.6 Å². The number of nitrogens with one attached hydrogen (secondary N) is 1. The fourth-order valence-electron chi connectivity index (χ4n) is 4.26. The smallest absolute Gasteiger partial charge is 0.303 e. The number of fused-ring (bicyclic) bond motifs is 2. The molecule has 3 aliphatic rings. The number of carboxylic acid groups (broad SMARTS) is 1. The van der Waals surface area contributed by atoms with Gasteiger partial charge in [0.1, 0.15) is 0 Å². The maximum Gasteiger partial charge on any atom is 0.303 e. The minimum Gasteiger partial charge on any atom is -0.481 e. The molecular weight excluding hydrogens is 322 g/mol. The summed E-state index contributed by atoms with van der Waals surface area (Å²) in [6.45, 7) is 1.59. The van der Waals surface area contributed by atoms with Crippen molar-refractivity contribution in [3.8, 4) is 0 Å². The Morgan fingerprint density at radius 1 is 1.16 bits per heavy atom. The lowest BCUT2D eigenvalue weighted by Gasteiger charge is -2.29. The van der Waals surface area contributed by atoms with Crippen LogP contribution < -0.4 is 5.48 Å². The van der Waals surface area contributed by atoms with E-state index >= 15 is 0 Å². The molecule has 0 saturated carbocycles. The van der Waals surface area contributed by atoms with Crippen LogP contribution in [0.1, 0.15) is 57.8 Å². The van der Waals surface area contributed by atoms with E-state index in [-0.39, 0.29) is 12.7 Å². The van der Waals surface area contributed by atoms with Gasteiger partial charge in [0, 0.05) is 31.9 Å². The first-order valence-corrected chi connectivity index (χ1v) is 9.76. The first-order chi connectivity index (χ1) is 12.2. The second kappa shape index (κ2) is 9.67. The Labute approximate surface area is 149 Å². The summed E-state index contributed by atoms with van der Waals surface area (Å²) in [6, 6.07) is 0. The number of ether oxygens (including phenoxy) is 2. The summed E-state index contributed by atoms with van der Waals surface area (Å²) in [5.41, 5.74) is 3.14. The standard InChI is InChI=1S/C19H31NO5/c21-18(22)8-4-2-1-3-7-14-15(17-11-10-16(14)24-17)13-20-25-19-9-5-6-12-23-19/h1,3,14-17,19-20H,2,4-13H2,(H,21,22)/t14-,15+,16-,17+,19?/m0/s1. The van der Waals surface area contributed by atoms with Crippen LogP contribution in [0.15, 0.2) is 12.2 Å². The number of aliphatic carboxylic acids is 1. The summed E-state index contributed by atoms with van der Waals surface area (Å²) in [5, 5.41) is 8.66. The van der Waals surface area contributed by atoms with Gasteiger partial charge >= 0.3 is 5.97 Å². The molecule has 0 amide bonds. The van der Waals surface area contributed by atoms with E-state index in [1.165, 1.54) is 6.42 Å². The van der Waals surface area contributed by atoms with Crippen LogP contribution in [0.4, 0.5) is 0 Å². The number of carbonyl (C=O) groups is 1. The van der Waals surface area contributed by atoms with E-state index in [0.29, 0.717) is 30.5 Å². The van der Waals surface area contributed by atoms with E-state index in [9.17, 15) is 4.79 Å². The number of unbranched alkanes of at least 4 members (excludes halogenated alkanes) is 1. The molecule has 3 aliphatic heterocycles. The molecule has 3 heterocycles. The summed E-state index contributed by atoms with van der Waals surface area (Å²) in [6.07, 6.45) is 13.3. The highest BCUT2D eigenvalue weighted by Gasteiger charge is 2.47. The SMILES string of the molecule is O=C(O)CCCC=CC[C@H]1[C@@H](CNOC2CCCCO2)[C@H]2CC[C@@H]1O2. The van der Waals surface area contributed by atoms with Crippen molar-refractivity contribution in [2.45, 2.75) is 76.3 Å². The fraction of sp³-hybridized carbons (Fsp3) is 0.842. The molecule has 3 fully saturated rings. The minimum atomic E-state index is -0.719. The summed E-state index contributed by atoms with van der Waals surface area (Å²) in [4.78, 5) is 16.2. The summed E-state index contributed by atoms with van der Waals surface area (Å²) >= 11 is 0. The van der Waals surface area contributed by atoms with Crippen LogP contribution in [0.25, 0.3) is 0 Å². The third-order valence-corrected chi connectivity index (χ3v) is 5.60. The predicted molar refractivity (Wildman–Crippen MR) is 92.8 cm³/mol. The molecular formula is C19H31NO5. The van der Waals surface area contributed by atoms with Gasteiger partial charge in [0.05, 0.1) is 12.2 Å². The van der Waals surface area contributed by atoms with Crippen LogP contribution in [-0.4, -0.2) is 42.7 Å². The zero-order chi connectivity index (χ0) is 17.5. The highest BCUT2D eigenvalue weighted by molar-refractivity contribution is 5.66. The fourth-order valence-corrected chi connectivity index (χ4v) is 4.26. The van der Waals surface area contributed by atoms with Gasteiger partial charge in [-0.05, 0) is 50.9 Å². The van der Waals surface area contributed by atoms with Crippen LogP contribution in [-0.2, 0) is 19.1 Å². The molecule has 0 aromatic carbocycles. The van der Waals surface area contributed by atoms with Crippen molar-refractivity contribution in [3.63, 3.8) is 0 Å². The van der Waals surface area contributed by atoms with Crippen LogP contribution in [0.2, 0.25) is 0 Å². The molecule has 1 unspecified atom stereocenters. The normalized spacial score (nSPS) is 34.8. The average molecular weight is 353 g/mol. The molecule has 6 heteroatoms. The number of hydroxylamine groups is 1. The molecule has 6 nitrogen and oxygen atoms in total. The van der Waals surface area contributed by atoms with E-state index in [1.807, 2.05) is 0 Å². The Balaban J connectivity index is 1.38. The molecule has 0 aromatic rings. The quantitative estimate of drug-likeness (QED) is 0.357. The van der Waals surface area contributed by atoms with Crippen molar-refractivity contribution in [1.29, 1.82) is 0 Å². The van der Waals surface area contributed by atoms with Gasteiger partial charge in [-0.15, -0.1) is 0 Å². The van der Waals surface area contributed by atoms with Crippen molar-refractivity contribution in [3.05, 3.63) is 12.2 Å². The Morgan fingerprint density at radius 3 is 2.76 bits per heavy atom. The molecule has 142 valence electrons. The van der Waals surface area contributed by atoms with Gasteiger partial charge in [0.2, 0.25) is 0 Å². The van der Waals surface area contributed by atoms with Gasteiger partial charge in [-0.1, -0.05) is 12.2 Å². The topological polar surface area (TPSA) is 77.0 Å². The first kappa shape index (κ1) is 18.8. The lowest BCUT2D eigenvalue weighted by atomic mass is 9.77. The Bertz CT molecular complexity index is 449. The molecule has 0 aromatic heterocycles. The third kappa shape index (κ3) is 5.51. The predicted octanol–water partition coefficient (Wildman–Crippen LogP) is 3.03. The van der Waals surface area contributed by atoms with Crippen molar-refractivity contribution >= 4 is 5.97 Å². The van der Waals surface area contributed by atoms with Crippen LogP contribution in [0.3, 0.4) is 0 Å². The highest BCUT2D eigenvalue weighted by Crippen LogP contribution is 2.44. The molecule has 25 heavy (non-hydrogen) atoms. The number of carboxylic acids is 1. The van der Waals surface area contributed by atoms with Crippen molar-refractivity contribution < 1.29 is 24.2 Å². The Morgan fingerprint density at radius 2 is 2.00 bits per heavy atom. The van der Waals surface area contributed by atoms with Crippen molar-refractivity contribution in [2.24, 2.45) is 11.8 Å². The van der Waals surface area contributed by atoms with Gasteiger partial charge in [0.25, 0.3) is 0 Å². The van der Waals surface area contributed by atoms with E-state index in [1.54, 1.807) is 0 Å². The van der Waals surface area contributed by atoms with E-state index in [0.717, 1.165) is 51.7 Å². The average Bonchev–Trinajstić information content (AvgIpc) is 3.21. The molecule has 0 spiro atoms. The molecule has 2 N–H and O–H groups in total. The third-order valence-electron chi connectivity index (χ3n) is 5.60. The van der Waals surface area contributed by atoms with Crippen LogP contribution in [0, 0.1) is 11.8 Å². The van der Waals surface area contributed by atoms with Gasteiger partial charge in [0.15, 0.2) is 6.29 Å². The minimum absolute atomic E-state index is 0.110. The summed E-state index contributed by atoms with van der Waals surface area (Å²) < 4.78 is 11.7. The zero-order valence-corrected chi connectivity index (χ0v) is 14.9. The van der Waals surface area contributed by atoms with Crippen LogP contribution >= 0.6 is 0 Å². The Hall–Kier alpha value is -0.950. The molecule has 2 bridgehead atoms. The maximum atomic E-state index is 10.5. The molecule has 3 rings (SSSR count). The summed E-state index contributed by atoms with van der Waals surface area (Å²) in [7, 11) is 0. The number of rotatable bonds is 10. The number of hydrogen-bond donors (Lipinski definition) is 2. The van der Waals surface area contributed by atoms with Gasteiger partial charge in [-0.2, -0.15) is 5.48 Å². The lowest BCUT2D eigenvalue weighted by molar-refractivity contribution is -0.199. The molecule has 5 atom stereocenters. The zero-order valence-electron chi connectivity index (χ0n) is 14.9. The molecule has 0 radical (unpaired) electrons. The van der Waals surface area contributed by atoms with E-state index in [2.05, 4.69) is 17.6 Å². The molecule has 0 aliphatic carbocycles. The maximum absolute atomic E-state index is 10.5. The first-order valence-electron chi connectivity index (χ1n) is 9.76. The summed E-state index contributed by atoms with van der Waals surface area (Å²) in [5.74, 6) is 0.284. The van der Waals surface area contributed by atoms with Crippen molar-refractivity contribution in [1.82, 2.24) is 5.48 Å². The lowest BCUT2D eigenvalue weighted by Crippen LogP contribution is -2.38. The van der Waals surface area contributed by atoms with Crippen LogP contribution in [0.5, 0.6) is 0 Å². The Kier molecular flexibility index (Phi) is 7.28. The van der Waals surface area contributed by atoms with Gasteiger partial charge in [-0.3, -0.25) is 9.63 Å². The van der Waals surface area contributed by atoms with Crippen molar-refractivity contribution in [2.75, 3.05) is 13.2 Å². The number of allylic oxidation sites excluding steroid dienone is 2. The van der Waals surface area contributed by atoms with Gasteiger partial charge in [-0.25, -0.2) is 0 Å².